The predicted molar refractivity (Wildman–Crippen MR) is 85.4 cm³/mol. The van der Waals surface area contributed by atoms with Crippen molar-refractivity contribution in [3.63, 3.8) is 0 Å². The van der Waals surface area contributed by atoms with E-state index in [1.54, 1.807) is 0 Å². The Morgan fingerprint density at radius 2 is 1.89 bits per heavy atom. The fourth-order valence-electron chi connectivity index (χ4n) is 2.96. The summed E-state index contributed by atoms with van der Waals surface area (Å²) < 4.78 is 0. The molecule has 0 aromatic heterocycles. The van der Waals surface area contributed by atoms with Gasteiger partial charge in [0.15, 0.2) is 0 Å². The second-order valence-electron chi connectivity index (χ2n) is 6.77. The van der Waals surface area contributed by atoms with Gasteiger partial charge in [0.1, 0.15) is 0 Å². The first-order valence-corrected chi connectivity index (χ1v) is 9.01. The molecule has 0 spiro atoms. The highest BCUT2D eigenvalue weighted by molar-refractivity contribution is 7.99. The van der Waals surface area contributed by atoms with Gasteiger partial charge in [-0.1, -0.05) is 32.6 Å². The second-order valence-corrected chi connectivity index (χ2v) is 8.17. The number of rotatable bonds is 8. The van der Waals surface area contributed by atoms with Crippen LogP contribution in [0.15, 0.2) is 0 Å². The van der Waals surface area contributed by atoms with Crippen LogP contribution >= 0.6 is 11.8 Å². The molecule has 2 heteroatoms. The van der Waals surface area contributed by atoms with Crippen LogP contribution in [0.4, 0.5) is 0 Å². The molecule has 1 nitrogen and oxygen atoms in total. The number of thioether (sulfide) groups is 1. The lowest BCUT2D eigenvalue weighted by Gasteiger charge is -2.29. The van der Waals surface area contributed by atoms with E-state index in [2.05, 4.69) is 44.8 Å². The van der Waals surface area contributed by atoms with Crippen LogP contribution in [0, 0.1) is 11.8 Å². The summed E-state index contributed by atoms with van der Waals surface area (Å²) in [5.41, 5.74) is 0.273. The van der Waals surface area contributed by atoms with E-state index < -0.39 is 0 Å². The summed E-state index contributed by atoms with van der Waals surface area (Å²) in [6.45, 7) is 10.3. The fraction of sp³-hybridized carbons (Fsp3) is 1.00. The zero-order valence-corrected chi connectivity index (χ0v) is 13.7. The van der Waals surface area contributed by atoms with Crippen molar-refractivity contribution in [3.05, 3.63) is 0 Å². The van der Waals surface area contributed by atoms with Crippen LogP contribution in [0.25, 0.3) is 0 Å². The molecule has 1 atom stereocenters. The summed E-state index contributed by atoms with van der Waals surface area (Å²) in [4.78, 5) is 0. The van der Waals surface area contributed by atoms with Gasteiger partial charge < -0.3 is 5.32 Å². The monoisotopic (exact) mass is 271 g/mol. The lowest BCUT2D eigenvalue weighted by molar-refractivity contribution is 0.273. The summed E-state index contributed by atoms with van der Waals surface area (Å²) in [5, 5.41) is 3.73. The smallest absolute Gasteiger partial charge is 0.00966 e. The molecular formula is C16H33NS. The van der Waals surface area contributed by atoms with Gasteiger partial charge in [-0.15, -0.1) is 0 Å². The van der Waals surface area contributed by atoms with Crippen molar-refractivity contribution in [2.45, 2.75) is 71.8 Å². The maximum Gasteiger partial charge on any atom is 0.00966 e. The molecule has 1 N–H and O–H groups in total. The molecular weight excluding hydrogens is 238 g/mol. The minimum atomic E-state index is 0.273. The van der Waals surface area contributed by atoms with Crippen LogP contribution in [0.3, 0.4) is 0 Å². The Hall–Kier alpha value is 0.310. The van der Waals surface area contributed by atoms with Gasteiger partial charge in [0.25, 0.3) is 0 Å². The molecule has 1 fully saturated rings. The maximum absolute atomic E-state index is 3.73. The molecule has 0 bridgehead atoms. The summed E-state index contributed by atoms with van der Waals surface area (Å²) in [6.07, 6.45) is 8.75. The highest BCUT2D eigenvalue weighted by atomic mass is 32.2. The Balaban J connectivity index is 2.31. The summed E-state index contributed by atoms with van der Waals surface area (Å²) in [6, 6.07) is 0. The quantitative estimate of drug-likeness (QED) is 0.641. The van der Waals surface area contributed by atoms with Crippen LogP contribution in [0.2, 0.25) is 0 Å². The first-order chi connectivity index (χ1) is 8.53. The normalized spacial score (nSPS) is 19.3. The lowest BCUT2D eigenvalue weighted by Crippen LogP contribution is -2.40. The van der Waals surface area contributed by atoms with E-state index in [9.17, 15) is 0 Å². The first kappa shape index (κ1) is 16.4. The minimum Gasteiger partial charge on any atom is -0.312 e. The van der Waals surface area contributed by atoms with E-state index in [1.165, 1.54) is 56.6 Å². The Bertz CT molecular complexity index is 204. The van der Waals surface area contributed by atoms with Crippen LogP contribution in [-0.4, -0.2) is 23.6 Å². The molecule has 0 amide bonds. The Morgan fingerprint density at radius 1 is 1.22 bits per heavy atom. The molecule has 0 heterocycles. The zero-order chi connectivity index (χ0) is 13.4. The van der Waals surface area contributed by atoms with Gasteiger partial charge in [-0.25, -0.2) is 0 Å². The third-order valence-corrected chi connectivity index (χ3v) is 5.01. The Morgan fingerprint density at radius 3 is 2.44 bits per heavy atom. The largest absolute Gasteiger partial charge is 0.312 e. The molecule has 0 radical (unpaired) electrons. The molecule has 1 rings (SSSR count). The number of nitrogens with one attached hydrogen (secondary N) is 1. The topological polar surface area (TPSA) is 12.0 Å². The minimum absolute atomic E-state index is 0.273. The average molecular weight is 272 g/mol. The highest BCUT2D eigenvalue weighted by Crippen LogP contribution is 2.34. The van der Waals surface area contributed by atoms with Crippen LogP contribution in [0.1, 0.15) is 66.2 Å². The van der Waals surface area contributed by atoms with Gasteiger partial charge in [-0.2, -0.15) is 11.8 Å². The van der Waals surface area contributed by atoms with E-state index in [-0.39, 0.29) is 5.54 Å². The van der Waals surface area contributed by atoms with Crippen molar-refractivity contribution in [1.82, 2.24) is 5.32 Å². The summed E-state index contributed by atoms with van der Waals surface area (Å²) in [7, 11) is 0. The van der Waals surface area contributed by atoms with Crippen LogP contribution in [0.5, 0.6) is 0 Å². The predicted octanol–water partition coefficient (Wildman–Crippen LogP) is 4.71. The van der Waals surface area contributed by atoms with Gasteiger partial charge in [-0.05, 0) is 63.5 Å². The average Bonchev–Trinajstić information content (AvgIpc) is 2.80. The molecule has 1 aliphatic rings. The molecule has 18 heavy (non-hydrogen) atoms. The van der Waals surface area contributed by atoms with Crippen LogP contribution < -0.4 is 5.32 Å². The van der Waals surface area contributed by atoms with Crippen LogP contribution in [-0.2, 0) is 0 Å². The SMILES string of the molecule is CCSCCCC(CNC(C)(C)C)C1CCCC1. The third kappa shape index (κ3) is 7.04. The molecule has 108 valence electrons. The molecule has 0 aromatic rings. The van der Waals surface area contributed by atoms with Gasteiger partial charge in [0.05, 0.1) is 0 Å². The van der Waals surface area contributed by atoms with Crippen molar-refractivity contribution < 1.29 is 0 Å². The molecule has 1 aliphatic carbocycles. The molecule has 1 saturated carbocycles. The van der Waals surface area contributed by atoms with Crippen molar-refractivity contribution in [1.29, 1.82) is 0 Å². The molecule has 0 aromatic carbocycles. The van der Waals surface area contributed by atoms with Crippen molar-refractivity contribution in [3.8, 4) is 0 Å². The fourth-order valence-corrected chi connectivity index (χ4v) is 3.62. The highest BCUT2D eigenvalue weighted by Gasteiger charge is 2.25. The van der Waals surface area contributed by atoms with Gasteiger partial charge in [0, 0.05) is 5.54 Å². The lowest BCUT2D eigenvalue weighted by atomic mass is 9.86. The maximum atomic E-state index is 3.73. The Labute approximate surface area is 119 Å². The molecule has 0 saturated heterocycles. The van der Waals surface area contributed by atoms with Crippen molar-refractivity contribution in [2.75, 3.05) is 18.1 Å². The first-order valence-electron chi connectivity index (χ1n) is 7.85. The molecule has 1 unspecified atom stereocenters. The standard InChI is InChI=1S/C16H33NS/c1-5-18-12-8-11-15(13-17-16(2,3)4)14-9-6-7-10-14/h14-15,17H,5-13H2,1-4H3. The van der Waals surface area contributed by atoms with Gasteiger partial charge in [0.2, 0.25) is 0 Å². The van der Waals surface area contributed by atoms with E-state index in [0.29, 0.717) is 0 Å². The Kier molecular flexibility index (Phi) is 7.70. The number of hydrogen-bond donors (Lipinski definition) is 1. The van der Waals surface area contributed by atoms with E-state index in [4.69, 9.17) is 0 Å². The van der Waals surface area contributed by atoms with Gasteiger partial charge >= 0.3 is 0 Å². The van der Waals surface area contributed by atoms with E-state index in [1.807, 2.05) is 0 Å². The van der Waals surface area contributed by atoms with Crippen molar-refractivity contribution in [2.24, 2.45) is 11.8 Å². The summed E-state index contributed by atoms with van der Waals surface area (Å²) >= 11 is 2.10. The van der Waals surface area contributed by atoms with E-state index >= 15 is 0 Å². The van der Waals surface area contributed by atoms with Gasteiger partial charge in [-0.3, -0.25) is 0 Å². The zero-order valence-electron chi connectivity index (χ0n) is 12.9. The molecule has 0 aliphatic heterocycles. The second kappa shape index (κ2) is 8.47. The third-order valence-electron chi connectivity index (χ3n) is 4.03. The van der Waals surface area contributed by atoms with Crippen molar-refractivity contribution >= 4 is 11.8 Å². The summed E-state index contributed by atoms with van der Waals surface area (Å²) in [5.74, 6) is 4.56. The van der Waals surface area contributed by atoms with E-state index in [0.717, 1.165) is 11.8 Å². The number of hydrogen-bond acceptors (Lipinski definition) is 2.